The fourth-order valence-electron chi connectivity index (χ4n) is 4.26. The van der Waals surface area contributed by atoms with Crippen LogP contribution < -0.4 is 10.6 Å². The number of hydrogen-bond donors (Lipinski definition) is 2. The van der Waals surface area contributed by atoms with Crippen molar-refractivity contribution in [1.29, 1.82) is 0 Å². The van der Waals surface area contributed by atoms with Gasteiger partial charge in [0.2, 0.25) is 11.8 Å². The minimum atomic E-state index is -4.82. The molecule has 8 nitrogen and oxygen atoms in total. The highest BCUT2D eigenvalue weighted by Gasteiger charge is 2.47. The Hall–Kier alpha value is -3.37. The second-order valence-corrected chi connectivity index (χ2v) is 7.91. The van der Waals surface area contributed by atoms with Crippen LogP contribution in [0.25, 0.3) is 5.69 Å². The minimum absolute atomic E-state index is 0.0665. The van der Waals surface area contributed by atoms with Crippen molar-refractivity contribution in [2.24, 2.45) is 0 Å². The Bertz CT molecular complexity index is 1040. The standard InChI is InChI=1S/C21H22F3N5O3/c1-2-6-15-20(32)28-11-12(9-16(28)19(31)27-15)26-18(30)14-10-25-29(17(14)21(22,23)24)13-7-4-3-5-8-13/h3-5,7-8,10,12,15-16H,2,6,9,11H2,1H3,(H,26,30)(H,27,31)/t12-,15-,16-/m0/s1. The third-order valence-electron chi connectivity index (χ3n) is 5.70. The van der Waals surface area contributed by atoms with E-state index in [1.807, 2.05) is 6.92 Å². The molecule has 2 fully saturated rings. The average molecular weight is 449 g/mol. The van der Waals surface area contributed by atoms with Crippen LogP contribution >= 0.6 is 0 Å². The number of hydrogen-bond acceptors (Lipinski definition) is 4. The van der Waals surface area contributed by atoms with Crippen LogP contribution in [0.3, 0.4) is 0 Å². The van der Waals surface area contributed by atoms with Crippen molar-refractivity contribution in [2.45, 2.75) is 50.5 Å². The highest BCUT2D eigenvalue weighted by molar-refractivity contribution is 5.98. The normalized spacial score (nSPS) is 23.1. The Morgan fingerprint density at radius 1 is 1.25 bits per heavy atom. The first-order chi connectivity index (χ1) is 15.2. The fraction of sp³-hybridized carbons (Fsp3) is 0.429. The molecule has 0 saturated carbocycles. The molecule has 2 aliphatic rings. The second-order valence-electron chi connectivity index (χ2n) is 7.91. The Morgan fingerprint density at radius 2 is 1.97 bits per heavy atom. The lowest BCUT2D eigenvalue weighted by atomic mass is 10.0. The fourth-order valence-corrected chi connectivity index (χ4v) is 4.26. The van der Waals surface area contributed by atoms with Crippen LogP contribution in [0, 0.1) is 0 Å². The molecule has 1 aromatic heterocycles. The molecule has 0 spiro atoms. The maximum atomic E-state index is 13.8. The second kappa shape index (κ2) is 8.29. The molecule has 2 saturated heterocycles. The molecule has 1 aromatic carbocycles. The summed E-state index contributed by atoms with van der Waals surface area (Å²) in [6.45, 7) is 1.96. The molecule has 2 aromatic rings. The van der Waals surface area contributed by atoms with Gasteiger partial charge in [0.05, 0.1) is 17.4 Å². The Kier molecular flexibility index (Phi) is 5.66. The van der Waals surface area contributed by atoms with E-state index in [1.54, 1.807) is 18.2 Å². The third-order valence-corrected chi connectivity index (χ3v) is 5.70. The van der Waals surface area contributed by atoms with Crippen molar-refractivity contribution in [2.75, 3.05) is 6.54 Å². The van der Waals surface area contributed by atoms with Crippen LogP contribution in [0.15, 0.2) is 36.5 Å². The summed E-state index contributed by atoms with van der Waals surface area (Å²) in [6, 6.07) is 5.70. The molecular formula is C21H22F3N5O3. The summed E-state index contributed by atoms with van der Waals surface area (Å²) in [4.78, 5) is 39.2. The number of para-hydroxylation sites is 1. The molecule has 0 radical (unpaired) electrons. The van der Waals surface area contributed by atoms with E-state index in [0.717, 1.165) is 6.20 Å². The van der Waals surface area contributed by atoms with E-state index >= 15 is 0 Å². The van der Waals surface area contributed by atoms with Crippen LogP contribution in [0.1, 0.15) is 42.2 Å². The van der Waals surface area contributed by atoms with E-state index in [0.29, 0.717) is 17.5 Å². The van der Waals surface area contributed by atoms with E-state index in [-0.39, 0.29) is 30.5 Å². The van der Waals surface area contributed by atoms with Gasteiger partial charge in [0.25, 0.3) is 5.91 Å². The summed E-state index contributed by atoms with van der Waals surface area (Å²) in [5, 5.41) is 9.02. The zero-order valence-corrected chi connectivity index (χ0v) is 17.2. The lowest BCUT2D eigenvalue weighted by Gasteiger charge is -2.34. The summed E-state index contributed by atoms with van der Waals surface area (Å²) in [5.74, 6) is -1.50. The van der Waals surface area contributed by atoms with E-state index in [1.165, 1.54) is 17.0 Å². The molecule has 170 valence electrons. The monoisotopic (exact) mass is 449 g/mol. The summed E-state index contributed by atoms with van der Waals surface area (Å²) in [6.07, 6.45) is -2.60. The predicted molar refractivity (Wildman–Crippen MR) is 107 cm³/mol. The van der Waals surface area contributed by atoms with Gasteiger partial charge in [-0.2, -0.15) is 18.3 Å². The first-order valence-electron chi connectivity index (χ1n) is 10.3. The van der Waals surface area contributed by atoms with Crippen LogP contribution in [0.5, 0.6) is 0 Å². The molecule has 2 N–H and O–H groups in total. The predicted octanol–water partition coefficient (Wildman–Crippen LogP) is 1.89. The number of amides is 3. The van der Waals surface area contributed by atoms with Gasteiger partial charge in [-0.25, -0.2) is 4.68 Å². The molecule has 0 unspecified atom stereocenters. The molecule has 4 rings (SSSR count). The van der Waals surface area contributed by atoms with Gasteiger partial charge in [-0.15, -0.1) is 0 Å². The SMILES string of the molecule is CCC[C@@H]1NC(=O)[C@@H]2C[C@H](NC(=O)c3cnn(-c4ccccc4)c3C(F)(F)F)CN2C1=O. The van der Waals surface area contributed by atoms with Crippen molar-refractivity contribution < 1.29 is 27.6 Å². The zero-order valence-electron chi connectivity index (χ0n) is 17.2. The topological polar surface area (TPSA) is 96.3 Å². The third kappa shape index (κ3) is 3.94. The zero-order chi connectivity index (χ0) is 23.0. The lowest BCUT2D eigenvalue weighted by Crippen LogP contribution is -2.61. The van der Waals surface area contributed by atoms with Crippen LogP contribution in [0.2, 0.25) is 0 Å². The number of carbonyl (C=O) groups is 3. The van der Waals surface area contributed by atoms with E-state index in [9.17, 15) is 27.6 Å². The molecule has 2 aliphatic heterocycles. The van der Waals surface area contributed by atoms with E-state index in [2.05, 4.69) is 15.7 Å². The van der Waals surface area contributed by atoms with Gasteiger partial charge in [0.15, 0.2) is 5.69 Å². The van der Waals surface area contributed by atoms with Crippen LogP contribution in [0.4, 0.5) is 13.2 Å². The largest absolute Gasteiger partial charge is 0.434 e. The minimum Gasteiger partial charge on any atom is -0.347 e. The number of alkyl halides is 3. The van der Waals surface area contributed by atoms with E-state index < -0.39 is 41.5 Å². The summed E-state index contributed by atoms with van der Waals surface area (Å²) < 4.78 is 42.1. The van der Waals surface area contributed by atoms with Gasteiger partial charge in [0, 0.05) is 12.6 Å². The molecule has 3 amide bonds. The number of benzene rings is 1. The van der Waals surface area contributed by atoms with E-state index in [4.69, 9.17) is 0 Å². The molecular weight excluding hydrogens is 427 g/mol. The van der Waals surface area contributed by atoms with Crippen LogP contribution in [-0.2, 0) is 15.8 Å². The van der Waals surface area contributed by atoms with Crippen molar-refractivity contribution in [1.82, 2.24) is 25.3 Å². The van der Waals surface area contributed by atoms with Crippen molar-refractivity contribution in [3.05, 3.63) is 47.8 Å². The number of fused-ring (bicyclic) bond motifs is 1. The van der Waals surface area contributed by atoms with Gasteiger partial charge < -0.3 is 15.5 Å². The van der Waals surface area contributed by atoms with Gasteiger partial charge >= 0.3 is 6.18 Å². The Balaban J connectivity index is 1.55. The quantitative estimate of drug-likeness (QED) is 0.729. The number of nitrogens with zero attached hydrogens (tertiary/aromatic N) is 3. The average Bonchev–Trinajstić information content (AvgIpc) is 3.38. The summed E-state index contributed by atoms with van der Waals surface area (Å²) in [5.41, 5.74) is -1.64. The molecule has 32 heavy (non-hydrogen) atoms. The molecule has 0 bridgehead atoms. The highest BCUT2D eigenvalue weighted by atomic mass is 19.4. The van der Waals surface area contributed by atoms with Crippen molar-refractivity contribution in [3.63, 3.8) is 0 Å². The summed E-state index contributed by atoms with van der Waals surface area (Å²) in [7, 11) is 0. The Labute approximate surface area is 181 Å². The molecule has 11 heteroatoms. The lowest BCUT2D eigenvalue weighted by molar-refractivity contribution is -0.147. The molecule has 3 heterocycles. The number of piperazine rings is 1. The highest BCUT2D eigenvalue weighted by Crippen LogP contribution is 2.34. The smallest absolute Gasteiger partial charge is 0.347 e. The van der Waals surface area contributed by atoms with Gasteiger partial charge in [-0.1, -0.05) is 31.5 Å². The number of halogens is 3. The van der Waals surface area contributed by atoms with Gasteiger partial charge in [-0.05, 0) is 25.0 Å². The number of nitrogens with one attached hydrogen (secondary N) is 2. The number of carbonyl (C=O) groups excluding carboxylic acids is 3. The maximum absolute atomic E-state index is 13.8. The summed E-state index contributed by atoms with van der Waals surface area (Å²) >= 11 is 0. The molecule has 3 atom stereocenters. The first-order valence-corrected chi connectivity index (χ1v) is 10.3. The maximum Gasteiger partial charge on any atom is 0.434 e. The molecule has 0 aliphatic carbocycles. The number of rotatable bonds is 5. The van der Waals surface area contributed by atoms with Gasteiger partial charge in [0.1, 0.15) is 12.1 Å². The van der Waals surface area contributed by atoms with Crippen molar-refractivity contribution >= 4 is 17.7 Å². The van der Waals surface area contributed by atoms with Gasteiger partial charge in [-0.3, -0.25) is 14.4 Å². The van der Waals surface area contributed by atoms with Crippen LogP contribution in [-0.4, -0.2) is 57.1 Å². The number of aromatic nitrogens is 2. The first kappa shape index (κ1) is 21.8. The van der Waals surface area contributed by atoms with Crippen molar-refractivity contribution in [3.8, 4) is 5.69 Å². The Morgan fingerprint density at radius 3 is 2.62 bits per heavy atom.